The highest BCUT2D eigenvalue weighted by Gasteiger charge is 1.91. The molecule has 1 aromatic heterocycles. The number of hydrogen-bond acceptors (Lipinski definition) is 3. The van der Waals surface area contributed by atoms with Crippen LogP contribution in [-0.4, -0.2) is 9.66 Å². The number of halogens is 1. The van der Waals surface area contributed by atoms with Crippen molar-refractivity contribution in [1.82, 2.24) is 9.66 Å². The second-order valence-corrected chi connectivity index (χ2v) is 5.48. The summed E-state index contributed by atoms with van der Waals surface area (Å²) in [6.45, 7) is 2.00. The third kappa shape index (κ3) is 5.08. The quantitative estimate of drug-likeness (QED) is 0.742. The van der Waals surface area contributed by atoms with Crippen LogP contribution in [0.5, 0.6) is 0 Å². The molecular formula is C17H15BrN4. The van der Waals surface area contributed by atoms with Gasteiger partial charge in [0.1, 0.15) is 6.33 Å². The molecule has 0 radical (unpaired) electrons. The van der Waals surface area contributed by atoms with Crippen LogP contribution in [0.25, 0.3) is 0 Å². The Bertz CT molecular complexity index is 726. The van der Waals surface area contributed by atoms with Crippen molar-refractivity contribution in [3.8, 4) is 6.07 Å². The van der Waals surface area contributed by atoms with Gasteiger partial charge in [0.2, 0.25) is 0 Å². The molecule has 1 N–H and O–H groups in total. The van der Waals surface area contributed by atoms with E-state index in [9.17, 15) is 0 Å². The zero-order chi connectivity index (χ0) is 15.8. The summed E-state index contributed by atoms with van der Waals surface area (Å²) in [7, 11) is 0. The Morgan fingerprint density at radius 2 is 1.77 bits per heavy atom. The van der Waals surface area contributed by atoms with Crippen LogP contribution in [0.1, 0.15) is 11.1 Å². The molecule has 22 heavy (non-hydrogen) atoms. The molecule has 0 saturated heterocycles. The van der Waals surface area contributed by atoms with Crippen molar-refractivity contribution in [2.75, 3.05) is 5.43 Å². The molecule has 0 aliphatic heterocycles. The number of rotatable bonds is 2. The molecule has 5 heteroatoms. The van der Waals surface area contributed by atoms with Crippen LogP contribution in [0.3, 0.4) is 0 Å². The van der Waals surface area contributed by atoms with Gasteiger partial charge in [-0.3, -0.25) is 10.1 Å². The Morgan fingerprint density at radius 1 is 1.09 bits per heavy atom. The number of aromatic nitrogens is 2. The first-order chi connectivity index (χ1) is 10.7. The molecule has 0 fully saturated rings. The van der Waals surface area contributed by atoms with Crippen molar-refractivity contribution in [3.05, 3.63) is 82.9 Å². The summed E-state index contributed by atoms with van der Waals surface area (Å²) >= 11 is 3.38. The summed E-state index contributed by atoms with van der Waals surface area (Å²) < 4.78 is 2.87. The van der Waals surface area contributed by atoms with Crippen molar-refractivity contribution in [2.24, 2.45) is 0 Å². The van der Waals surface area contributed by atoms with Gasteiger partial charge in [0.15, 0.2) is 0 Å². The SMILES string of the molecule is Brc1ccc(Nn2ccnc2)cc1.Cc1ccc(C#N)cc1. The number of imidazole rings is 1. The van der Waals surface area contributed by atoms with Crippen LogP contribution in [0.4, 0.5) is 5.69 Å². The highest BCUT2D eigenvalue weighted by Crippen LogP contribution is 2.13. The van der Waals surface area contributed by atoms with E-state index < -0.39 is 0 Å². The van der Waals surface area contributed by atoms with E-state index in [0.29, 0.717) is 0 Å². The van der Waals surface area contributed by atoms with Crippen molar-refractivity contribution in [3.63, 3.8) is 0 Å². The van der Waals surface area contributed by atoms with Gasteiger partial charge >= 0.3 is 0 Å². The topological polar surface area (TPSA) is 53.6 Å². The lowest BCUT2D eigenvalue weighted by atomic mass is 10.2. The predicted molar refractivity (Wildman–Crippen MR) is 91.3 cm³/mol. The van der Waals surface area contributed by atoms with Crippen LogP contribution in [0.15, 0.2) is 71.7 Å². The number of anilines is 1. The number of benzene rings is 2. The monoisotopic (exact) mass is 354 g/mol. The molecule has 0 amide bonds. The molecule has 3 rings (SSSR count). The zero-order valence-corrected chi connectivity index (χ0v) is 13.7. The van der Waals surface area contributed by atoms with Gasteiger partial charge in [-0.1, -0.05) is 33.6 Å². The summed E-state index contributed by atoms with van der Waals surface area (Å²) in [6.07, 6.45) is 5.29. The summed E-state index contributed by atoms with van der Waals surface area (Å²) in [4.78, 5) is 3.93. The fourth-order valence-electron chi connectivity index (χ4n) is 1.63. The van der Waals surface area contributed by atoms with Gasteiger partial charge in [-0.25, -0.2) is 4.98 Å². The Hall–Kier alpha value is -2.58. The minimum absolute atomic E-state index is 0.723. The molecule has 0 bridgehead atoms. The summed E-state index contributed by atoms with van der Waals surface area (Å²) in [5, 5.41) is 8.38. The third-order valence-corrected chi connectivity index (χ3v) is 3.32. The molecule has 0 saturated carbocycles. The number of nitrogens with zero attached hydrogens (tertiary/aromatic N) is 3. The minimum Gasteiger partial charge on any atom is -0.293 e. The van der Waals surface area contributed by atoms with Crippen LogP contribution in [-0.2, 0) is 0 Å². The van der Waals surface area contributed by atoms with E-state index >= 15 is 0 Å². The number of aryl methyl sites for hydroxylation is 1. The zero-order valence-electron chi connectivity index (χ0n) is 12.1. The maximum atomic E-state index is 8.38. The third-order valence-electron chi connectivity index (χ3n) is 2.79. The van der Waals surface area contributed by atoms with E-state index in [1.54, 1.807) is 17.2 Å². The molecule has 0 spiro atoms. The fourth-order valence-corrected chi connectivity index (χ4v) is 1.89. The lowest BCUT2D eigenvalue weighted by Gasteiger charge is -2.05. The lowest BCUT2D eigenvalue weighted by molar-refractivity contribution is 0.955. The second kappa shape index (κ2) is 8.01. The summed E-state index contributed by atoms with van der Waals surface area (Å²) in [5.41, 5.74) is 6.09. The molecule has 0 unspecified atom stereocenters. The van der Waals surface area contributed by atoms with Crippen molar-refractivity contribution in [1.29, 1.82) is 5.26 Å². The van der Waals surface area contributed by atoms with Gasteiger partial charge < -0.3 is 0 Å². The highest BCUT2D eigenvalue weighted by atomic mass is 79.9. The molecule has 0 aliphatic carbocycles. The first-order valence-electron chi connectivity index (χ1n) is 6.65. The van der Waals surface area contributed by atoms with E-state index in [1.165, 1.54) is 5.56 Å². The van der Waals surface area contributed by atoms with E-state index in [2.05, 4.69) is 32.4 Å². The lowest BCUT2D eigenvalue weighted by Crippen LogP contribution is -2.05. The van der Waals surface area contributed by atoms with E-state index in [0.717, 1.165) is 15.7 Å². The van der Waals surface area contributed by atoms with Gasteiger partial charge in [-0.05, 0) is 43.3 Å². The van der Waals surface area contributed by atoms with Crippen LogP contribution in [0.2, 0.25) is 0 Å². The van der Waals surface area contributed by atoms with Crippen molar-refractivity contribution < 1.29 is 0 Å². The number of hydrogen-bond donors (Lipinski definition) is 1. The molecule has 3 aromatic rings. The van der Waals surface area contributed by atoms with E-state index in [1.807, 2.05) is 61.7 Å². The Kier molecular flexibility index (Phi) is 5.75. The van der Waals surface area contributed by atoms with Crippen molar-refractivity contribution >= 4 is 21.6 Å². The molecule has 110 valence electrons. The second-order valence-electron chi connectivity index (χ2n) is 4.57. The first kappa shape index (κ1) is 15.8. The minimum atomic E-state index is 0.723. The van der Waals surface area contributed by atoms with E-state index in [4.69, 9.17) is 5.26 Å². The smallest absolute Gasteiger partial charge is 0.114 e. The van der Waals surface area contributed by atoms with Crippen LogP contribution >= 0.6 is 15.9 Å². The van der Waals surface area contributed by atoms with Crippen molar-refractivity contribution in [2.45, 2.75) is 6.92 Å². The molecule has 4 nitrogen and oxygen atoms in total. The van der Waals surface area contributed by atoms with Crippen LogP contribution < -0.4 is 5.43 Å². The summed E-state index contributed by atoms with van der Waals surface area (Å²) in [5.74, 6) is 0. The maximum absolute atomic E-state index is 8.38. The normalized spacial score (nSPS) is 9.32. The average Bonchev–Trinajstić information content (AvgIpc) is 3.04. The number of nitrogens with one attached hydrogen (secondary N) is 1. The van der Waals surface area contributed by atoms with Gasteiger partial charge in [-0.15, -0.1) is 0 Å². The molecule has 1 heterocycles. The average molecular weight is 355 g/mol. The predicted octanol–water partition coefficient (Wildman–Crippen LogP) is 4.39. The molecular weight excluding hydrogens is 340 g/mol. The van der Waals surface area contributed by atoms with Gasteiger partial charge in [0.05, 0.1) is 17.3 Å². The standard InChI is InChI=1S/C9H8BrN3.C8H7N/c10-8-1-3-9(4-2-8)12-13-6-5-11-7-13;1-7-2-4-8(6-9)5-3-7/h1-7,12H;2-5H,1H3. The Morgan fingerprint density at radius 3 is 2.32 bits per heavy atom. The molecule has 0 aliphatic rings. The van der Waals surface area contributed by atoms with Gasteiger partial charge in [0, 0.05) is 16.9 Å². The molecule has 2 aromatic carbocycles. The Balaban J connectivity index is 0.000000172. The first-order valence-corrected chi connectivity index (χ1v) is 7.44. The summed E-state index contributed by atoms with van der Waals surface area (Å²) in [6, 6.07) is 17.5. The molecule has 0 atom stereocenters. The van der Waals surface area contributed by atoms with Crippen LogP contribution in [0, 0.1) is 18.3 Å². The van der Waals surface area contributed by atoms with Gasteiger partial charge in [-0.2, -0.15) is 5.26 Å². The fraction of sp³-hybridized carbons (Fsp3) is 0.0588. The van der Waals surface area contributed by atoms with E-state index in [-0.39, 0.29) is 0 Å². The Labute approximate surface area is 138 Å². The van der Waals surface area contributed by atoms with Gasteiger partial charge in [0.25, 0.3) is 0 Å². The maximum Gasteiger partial charge on any atom is 0.114 e. The highest BCUT2D eigenvalue weighted by molar-refractivity contribution is 9.10. The largest absolute Gasteiger partial charge is 0.293 e. The number of nitriles is 1.